The van der Waals surface area contributed by atoms with Gasteiger partial charge in [-0.1, -0.05) is 0 Å². The summed E-state index contributed by atoms with van der Waals surface area (Å²) in [4.78, 5) is 0. The molecular weight excluding hydrogens is 183 g/mol. The summed E-state index contributed by atoms with van der Waals surface area (Å²) in [6, 6.07) is 2.09. The minimum atomic E-state index is -3.03. The van der Waals surface area contributed by atoms with Crippen molar-refractivity contribution in [3.63, 3.8) is 0 Å². The number of anilines is 1. The molecule has 13 heavy (non-hydrogen) atoms. The number of nitrogen functional groups attached to an aromatic ring is 1. The summed E-state index contributed by atoms with van der Waals surface area (Å²) < 4.78 is 40.2. The van der Waals surface area contributed by atoms with E-state index in [1.165, 1.54) is 0 Å². The van der Waals surface area contributed by atoms with Crippen molar-refractivity contribution in [3.05, 3.63) is 23.5 Å². The average Bonchev–Trinajstić information content (AvgIpc) is 1.99. The van der Waals surface area contributed by atoms with E-state index >= 15 is 0 Å². The van der Waals surface area contributed by atoms with Crippen molar-refractivity contribution in [2.24, 2.45) is 0 Å². The van der Waals surface area contributed by atoms with Crippen LogP contribution < -0.4 is 10.5 Å². The molecule has 2 nitrogen and oxygen atoms in total. The predicted molar refractivity (Wildman–Crippen MR) is 42.2 cm³/mol. The zero-order valence-electron chi connectivity index (χ0n) is 6.85. The van der Waals surface area contributed by atoms with E-state index in [1.807, 2.05) is 0 Å². The van der Waals surface area contributed by atoms with Crippen LogP contribution in [0.25, 0.3) is 0 Å². The van der Waals surface area contributed by atoms with Gasteiger partial charge in [-0.2, -0.15) is 8.78 Å². The Morgan fingerprint density at radius 2 is 2.00 bits per heavy atom. The first kappa shape index (κ1) is 9.70. The summed E-state index contributed by atoms with van der Waals surface area (Å²) >= 11 is 0. The van der Waals surface area contributed by atoms with E-state index in [0.29, 0.717) is 5.56 Å². The molecule has 0 heterocycles. The Hall–Kier alpha value is -1.39. The maximum Gasteiger partial charge on any atom is 0.387 e. The van der Waals surface area contributed by atoms with Gasteiger partial charge in [0.2, 0.25) is 0 Å². The molecule has 0 radical (unpaired) electrons. The lowest BCUT2D eigenvalue weighted by molar-refractivity contribution is -0.0522. The zero-order chi connectivity index (χ0) is 10.0. The van der Waals surface area contributed by atoms with Gasteiger partial charge in [-0.05, 0) is 18.6 Å². The molecule has 0 bridgehead atoms. The molecule has 0 aliphatic rings. The number of aryl methyl sites for hydroxylation is 1. The van der Waals surface area contributed by atoms with Gasteiger partial charge in [-0.3, -0.25) is 0 Å². The van der Waals surface area contributed by atoms with E-state index in [-0.39, 0.29) is 5.69 Å². The third kappa shape index (κ3) is 2.27. The smallest absolute Gasteiger partial charge is 0.387 e. The highest BCUT2D eigenvalue weighted by atomic mass is 19.3. The maximum atomic E-state index is 12.9. The molecule has 72 valence electrons. The van der Waals surface area contributed by atoms with E-state index in [4.69, 9.17) is 5.73 Å². The molecule has 0 saturated heterocycles. The standard InChI is InChI=1S/C8H8F3NO/c1-4-2-7(13-8(10)11)5(9)3-6(4)12/h2-3,8H,12H2,1H3. The quantitative estimate of drug-likeness (QED) is 0.728. The lowest BCUT2D eigenvalue weighted by atomic mass is 10.2. The van der Waals surface area contributed by atoms with Crippen LogP contribution in [-0.2, 0) is 0 Å². The van der Waals surface area contributed by atoms with Crippen LogP contribution in [0.2, 0.25) is 0 Å². The third-order valence-corrected chi connectivity index (χ3v) is 1.54. The first-order chi connectivity index (χ1) is 6.00. The number of nitrogens with two attached hydrogens (primary N) is 1. The second kappa shape index (κ2) is 3.55. The summed E-state index contributed by atoms with van der Waals surface area (Å²) in [7, 11) is 0. The van der Waals surface area contributed by atoms with Crippen LogP contribution in [0.4, 0.5) is 18.9 Å². The van der Waals surface area contributed by atoms with Gasteiger partial charge in [0.15, 0.2) is 11.6 Å². The molecular formula is C8H8F3NO. The van der Waals surface area contributed by atoms with E-state index in [1.54, 1.807) is 6.92 Å². The second-order valence-corrected chi connectivity index (χ2v) is 2.52. The van der Waals surface area contributed by atoms with Crippen molar-refractivity contribution in [3.8, 4) is 5.75 Å². The van der Waals surface area contributed by atoms with E-state index in [0.717, 1.165) is 12.1 Å². The highest BCUT2D eigenvalue weighted by Crippen LogP contribution is 2.24. The molecule has 0 fully saturated rings. The summed E-state index contributed by atoms with van der Waals surface area (Å²) in [6.45, 7) is -1.45. The number of ether oxygens (including phenoxy) is 1. The fourth-order valence-corrected chi connectivity index (χ4v) is 0.857. The molecule has 1 rings (SSSR count). The molecule has 0 saturated carbocycles. The topological polar surface area (TPSA) is 35.2 Å². The Morgan fingerprint density at radius 3 is 2.54 bits per heavy atom. The normalized spacial score (nSPS) is 10.5. The largest absolute Gasteiger partial charge is 0.432 e. The Balaban J connectivity index is 3.01. The monoisotopic (exact) mass is 191 g/mol. The summed E-state index contributed by atoms with van der Waals surface area (Å²) in [5, 5.41) is 0. The number of rotatable bonds is 2. The van der Waals surface area contributed by atoms with Gasteiger partial charge in [-0.15, -0.1) is 0 Å². The Labute approximate surface area is 73.1 Å². The van der Waals surface area contributed by atoms with Crippen molar-refractivity contribution in [2.75, 3.05) is 5.73 Å². The van der Waals surface area contributed by atoms with Crippen molar-refractivity contribution < 1.29 is 17.9 Å². The number of alkyl halides is 2. The average molecular weight is 191 g/mol. The van der Waals surface area contributed by atoms with E-state index in [2.05, 4.69) is 4.74 Å². The van der Waals surface area contributed by atoms with Crippen LogP contribution in [0, 0.1) is 12.7 Å². The first-order valence-electron chi connectivity index (χ1n) is 3.51. The summed E-state index contributed by atoms with van der Waals surface area (Å²) in [5.41, 5.74) is 6.04. The molecule has 0 atom stereocenters. The summed E-state index contributed by atoms with van der Waals surface area (Å²) in [6.07, 6.45) is 0. The zero-order valence-corrected chi connectivity index (χ0v) is 6.85. The van der Waals surface area contributed by atoms with Crippen LogP contribution in [-0.4, -0.2) is 6.61 Å². The molecule has 5 heteroatoms. The van der Waals surface area contributed by atoms with Gasteiger partial charge in [0.25, 0.3) is 0 Å². The highest BCUT2D eigenvalue weighted by molar-refractivity contribution is 5.50. The van der Waals surface area contributed by atoms with Crippen molar-refractivity contribution in [1.29, 1.82) is 0 Å². The van der Waals surface area contributed by atoms with Gasteiger partial charge in [0.1, 0.15) is 0 Å². The molecule has 0 amide bonds. The van der Waals surface area contributed by atoms with Gasteiger partial charge >= 0.3 is 6.61 Å². The number of hydrogen-bond donors (Lipinski definition) is 1. The van der Waals surface area contributed by atoms with Crippen LogP contribution in [0.3, 0.4) is 0 Å². The van der Waals surface area contributed by atoms with Gasteiger partial charge in [0, 0.05) is 11.8 Å². The molecule has 2 N–H and O–H groups in total. The minimum Gasteiger partial charge on any atom is -0.432 e. The van der Waals surface area contributed by atoms with Crippen LogP contribution in [0.15, 0.2) is 12.1 Å². The minimum absolute atomic E-state index is 0.208. The van der Waals surface area contributed by atoms with Crippen molar-refractivity contribution in [2.45, 2.75) is 13.5 Å². The lowest BCUT2D eigenvalue weighted by Gasteiger charge is -2.07. The van der Waals surface area contributed by atoms with Crippen LogP contribution >= 0.6 is 0 Å². The second-order valence-electron chi connectivity index (χ2n) is 2.52. The SMILES string of the molecule is Cc1cc(OC(F)F)c(F)cc1N. The van der Waals surface area contributed by atoms with Crippen LogP contribution in [0.5, 0.6) is 5.75 Å². The fourth-order valence-electron chi connectivity index (χ4n) is 0.857. The van der Waals surface area contributed by atoms with Crippen LogP contribution in [0.1, 0.15) is 5.56 Å². The lowest BCUT2D eigenvalue weighted by Crippen LogP contribution is -2.04. The van der Waals surface area contributed by atoms with Crippen molar-refractivity contribution >= 4 is 5.69 Å². The molecule has 0 unspecified atom stereocenters. The Morgan fingerprint density at radius 1 is 1.38 bits per heavy atom. The summed E-state index contributed by atoms with van der Waals surface area (Å²) in [5.74, 6) is -1.37. The van der Waals surface area contributed by atoms with E-state index < -0.39 is 18.2 Å². The van der Waals surface area contributed by atoms with Gasteiger partial charge < -0.3 is 10.5 Å². The molecule has 0 spiro atoms. The molecule has 1 aromatic rings. The van der Waals surface area contributed by atoms with Gasteiger partial charge in [0.05, 0.1) is 0 Å². The maximum absolute atomic E-state index is 12.9. The Bertz CT molecular complexity index is 315. The van der Waals surface area contributed by atoms with Crippen molar-refractivity contribution in [1.82, 2.24) is 0 Å². The third-order valence-electron chi connectivity index (χ3n) is 1.54. The number of benzene rings is 1. The highest BCUT2D eigenvalue weighted by Gasteiger charge is 2.11. The predicted octanol–water partition coefficient (Wildman–Crippen LogP) is 2.32. The molecule has 1 aromatic carbocycles. The Kier molecular flexibility index (Phi) is 2.65. The van der Waals surface area contributed by atoms with Gasteiger partial charge in [-0.25, -0.2) is 4.39 Å². The first-order valence-corrected chi connectivity index (χ1v) is 3.51. The van der Waals surface area contributed by atoms with E-state index in [9.17, 15) is 13.2 Å². The molecule has 0 aliphatic heterocycles. The molecule has 0 aliphatic carbocycles. The number of halogens is 3. The molecule has 0 aromatic heterocycles. The fraction of sp³-hybridized carbons (Fsp3) is 0.250. The number of hydrogen-bond acceptors (Lipinski definition) is 2.